The summed E-state index contributed by atoms with van der Waals surface area (Å²) in [6.45, 7) is 2.29. The number of nitrogens with zero attached hydrogens (tertiary/aromatic N) is 1. The fourth-order valence-corrected chi connectivity index (χ4v) is 2.92. The van der Waals surface area contributed by atoms with Gasteiger partial charge in [0.25, 0.3) is 5.91 Å². The van der Waals surface area contributed by atoms with Crippen molar-refractivity contribution < 1.29 is 14.3 Å². The number of esters is 1. The zero-order valence-corrected chi connectivity index (χ0v) is 15.4. The van der Waals surface area contributed by atoms with Crippen molar-refractivity contribution in [1.29, 1.82) is 0 Å². The smallest absolute Gasteiger partial charge is 0.305 e. The fraction of sp³-hybridized carbons (Fsp3) is 0.227. The van der Waals surface area contributed by atoms with Crippen LogP contribution in [0.4, 0.5) is 0 Å². The van der Waals surface area contributed by atoms with Gasteiger partial charge in [-0.1, -0.05) is 55.5 Å². The van der Waals surface area contributed by atoms with Gasteiger partial charge in [-0.15, -0.1) is 0 Å². The number of aromatic nitrogens is 1. The molecule has 1 atom stereocenters. The van der Waals surface area contributed by atoms with Crippen LogP contribution in [0, 0.1) is 5.92 Å². The first kappa shape index (κ1) is 18.6. The number of rotatable bonds is 6. The molecule has 0 aliphatic heterocycles. The third kappa shape index (κ3) is 4.50. The second-order valence-electron chi connectivity index (χ2n) is 6.53. The molecule has 3 rings (SSSR count). The molecule has 0 saturated carbocycles. The maximum atomic E-state index is 12.8. The van der Waals surface area contributed by atoms with Crippen molar-refractivity contribution in [1.82, 2.24) is 10.3 Å². The van der Waals surface area contributed by atoms with E-state index in [1.807, 2.05) is 67.6 Å². The van der Waals surface area contributed by atoms with E-state index in [2.05, 4.69) is 10.1 Å². The van der Waals surface area contributed by atoms with Gasteiger partial charge in [-0.2, -0.15) is 0 Å². The van der Waals surface area contributed by atoms with Crippen LogP contribution in [0.3, 0.4) is 0 Å². The van der Waals surface area contributed by atoms with Crippen molar-refractivity contribution in [3.8, 4) is 11.3 Å². The minimum Gasteiger partial charge on any atom is -0.469 e. The molecule has 5 nitrogen and oxygen atoms in total. The fourth-order valence-electron chi connectivity index (χ4n) is 2.92. The van der Waals surface area contributed by atoms with Crippen LogP contribution in [0.5, 0.6) is 0 Å². The third-order valence-corrected chi connectivity index (χ3v) is 4.38. The lowest BCUT2D eigenvalue weighted by atomic mass is 10.0. The second-order valence-corrected chi connectivity index (χ2v) is 6.53. The van der Waals surface area contributed by atoms with Crippen molar-refractivity contribution in [2.45, 2.75) is 13.3 Å². The van der Waals surface area contributed by atoms with E-state index >= 15 is 0 Å². The molecule has 2 aromatic carbocycles. The lowest BCUT2D eigenvalue weighted by Crippen LogP contribution is -2.29. The zero-order valence-electron chi connectivity index (χ0n) is 15.4. The lowest BCUT2D eigenvalue weighted by Gasteiger charge is -2.13. The number of fused-ring (bicyclic) bond motifs is 1. The lowest BCUT2D eigenvalue weighted by molar-refractivity contribution is -0.141. The number of hydrogen-bond donors (Lipinski definition) is 1. The largest absolute Gasteiger partial charge is 0.469 e. The molecule has 0 aliphatic carbocycles. The van der Waals surface area contributed by atoms with Crippen LogP contribution in [-0.4, -0.2) is 30.5 Å². The Labute approximate surface area is 158 Å². The molecule has 3 aromatic rings. The van der Waals surface area contributed by atoms with Gasteiger partial charge < -0.3 is 10.1 Å². The first-order valence-corrected chi connectivity index (χ1v) is 8.88. The van der Waals surface area contributed by atoms with E-state index in [0.717, 1.165) is 22.2 Å². The molecule has 138 valence electrons. The van der Waals surface area contributed by atoms with E-state index < -0.39 is 0 Å². The van der Waals surface area contributed by atoms with E-state index in [-0.39, 0.29) is 24.2 Å². The number of carbonyl (C=O) groups excluding carboxylic acids is 2. The topological polar surface area (TPSA) is 68.3 Å². The third-order valence-electron chi connectivity index (χ3n) is 4.38. The maximum Gasteiger partial charge on any atom is 0.305 e. The molecular weight excluding hydrogens is 340 g/mol. The van der Waals surface area contributed by atoms with Gasteiger partial charge >= 0.3 is 5.97 Å². The number of nitrogens with one attached hydrogen (secondary N) is 1. The number of amides is 1. The Morgan fingerprint density at radius 2 is 1.78 bits per heavy atom. The minimum atomic E-state index is -0.280. The van der Waals surface area contributed by atoms with E-state index in [0.29, 0.717) is 12.1 Å². The highest BCUT2D eigenvalue weighted by molar-refractivity contribution is 6.07. The molecule has 1 heterocycles. The Morgan fingerprint density at radius 3 is 2.52 bits per heavy atom. The molecule has 0 fully saturated rings. The maximum absolute atomic E-state index is 12.8. The quantitative estimate of drug-likeness (QED) is 0.677. The van der Waals surface area contributed by atoms with Gasteiger partial charge in [0.1, 0.15) is 0 Å². The van der Waals surface area contributed by atoms with E-state index in [4.69, 9.17) is 4.98 Å². The number of pyridine rings is 1. The first-order chi connectivity index (χ1) is 13.1. The van der Waals surface area contributed by atoms with Crippen LogP contribution in [0.25, 0.3) is 22.2 Å². The molecular formula is C22H22N2O3. The van der Waals surface area contributed by atoms with Crippen molar-refractivity contribution in [3.05, 3.63) is 66.2 Å². The molecule has 0 aliphatic rings. The molecule has 27 heavy (non-hydrogen) atoms. The standard InChI is InChI=1S/C22H22N2O3/c1-15(12-21(25)27-2)14-23-22(26)18-13-20(16-8-4-3-5-9-16)24-19-11-7-6-10-17(18)19/h3-11,13,15H,12,14H2,1-2H3,(H,23,26)/t15-/m1/s1. The van der Waals surface area contributed by atoms with Crippen molar-refractivity contribution in [2.24, 2.45) is 5.92 Å². The number of benzene rings is 2. The molecule has 0 bridgehead atoms. The van der Waals surface area contributed by atoms with Crippen LogP contribution >= 0.6 is 0 Å². The number of methoxy groups -OCH3 is 1. The molecule has 0 radical (unpaired) electrons. The Hall–Kier alpha value is -3.21. The van der Waals surface area contributed by atoms with Gasteiger partial charge in [0, 0.05) is 23.9 Å². The molecule has 0 spiro atoms. The molecule has 0 saturated heterocycles. The summed E-state index contributed by atoms with van der Waals surface area (Å²) in [5.74, 6) is -0.469. The highest BCUT2D eigenvalue weighted by Crippen LogP contribution is 2.24. The molecule has 1 amide bonds. The zero-order chi connectivity index (χ0) is 19.2. The van der Waals surface area contributed by atoms with Crippen LogP contribution in [0.1, 0.15) is 23.7 Å². The Kier molecular flexibility index (Phi) is 5.81. The van der Waals surface area contributed by atoms with Gasteiger partial charge in [0.05, 0.1) is 23.9 Å². The predicted molar refractivity (Wildman–Crippen MR) is 105 cm³/mol. The number of carbonyl (C=O) groups is 2. The summed E-state index contributed by atoms with van der Waals surface area (Å²) in [7, 11) is 1.36. The van der Waals surface area contributed by atoms with Gasteiger partial charge in [0.15, 0.2) is 0 Å². The second kappa shape index (κ2) is 8.45. The highest BCUT2D eigenvalue weighted by atomic mass is 16.5. The van der Waals surface area contributed by atoms with Crippen molar-refractivity contribution >= 4 is 22.8 Å². The predicted octanol–water partition coefficient (Wildman–Crippen LogP) is 3.83. The van der Waals surface area contributed by atoms with E-state index in [1.54, 1.807) is 0 Å². The Morgan fingerprint density at radius 1 is 1.07 bits per heavy atom. The first-order valence-electron chi connectivity index (χ1n) is 8.88. The summed E-state index contributed by atoms with van der Waals surface area (Å²) in [4.78, 5) is 28.9. The molecule has 1 aromatic heterocycles. The number of para-hydroxylation sites is 1. The minimum absolute atomic E-state index is 0.0110. The Bertz CT molecular complexity index is 954. The summed E-state index contributed by atoms with van der Waals surface area (Å²) in [6, 6.07) is 19.2. The van der Waals surface area contributed by atoms with Crippen LogP contribution < -0.4 is 5.32 Å². The van der Waals surface area contributed by atoms with Gasteiger partial charge in [-0.25, -0.2) is 4.98 Å². The normalized spacial score (nSPS) is 11.8. The summed E-state index contributed by atoms with van der Waals surface area (Å²) >= 11 is 0. The van der Waals surface area contributed by atoms with Crippen LogP contribution in [0.2, 0.25) is 0 Å². The summed E-state index contributed by atoms with van der Waals surface area (Å²) in [6.07, 6.45) is 0.267. The summed E-state index contributed by atoms with van der Waals surface area (Å²) in [5.41, 5.74) is 3.05. The monoisotopic (exact) mass is 362 g/mol. The van der Waals surface area contributed by atoms with Crippen LogP contribution in [0.15, 0.2) is 60.7 Å². The van der Waals surface area contributed by atoms with Crippen molar-refractivity contribution in [3.63, 3.8) is 0 Å². The number of ether oxygens (including phenoxy) is 1. The molecule has 5 heteroatoms. The Balaban J connectivity index is 1.88. The van der Waals surface area contributed by atoms with E-state index in [1.165, 1.54) is 7.11 Å². The number of hydrogen-bond acceptors (Lipinski definition) is 4. The average molecular weight is 362 g/mol. The molecule has 0 unspecified atom stereocenters. The van der Waals surface area contributed by atoms with E-state index in [9.17, 15) is 9.59 Å². The average Bonchev–Trinajstić information content (AvgIpc) is 2.71. The highest BCUT2D eigenvalue weighted by Gasteiger charge is 2.16. The summed E-state index contributed by atoms with van der Waals surface area (Å²) < 4.78 is 4.67. The van der Waals surface area contributed by atoms with Gasteiger partial charge in [-0.3, -0.25) is 9.59 Å². The summed E-state index contributed by atoms with van der Waals surface area (Å²) in [5, 5.41) is 3.73. The van der Waals surface area contributed by atoms with Gasteiger partial charge in [0.2, 0.25) is 0 Å². The van der Waals surface area contributed by atoms with Gasteiger partial charge in [-0.05, 0) is 18.1 Å². The van der Waals surface area contributed by atoms with Crippen molar-refractivity contribution in [2.75, 3.05) is 13.7 Å². The SMILES string of the molecule is COC(=O)C[C@@H](C)CNC(=O)c1cc(-c2ccccc2)nc2ccccc12. The molecule has 1 N–H and O–H groups in total. The van der Waals surface area contributed by atoms with Crippen LogP contribution in [-0.2, 0) is 9.53 Å².